The van der Waals surface area contributed by atoms with Gasteiger partial charge in [0.05, 0.1) is 16.8 Å². The number of aromatic nitrogens is 2. The van der Waals surface area contributed by atoms with Gasteiger partial charge in [-0.15, -0.1) is 0 Å². The number of halogens is 2. The molecule has 0 spiro atoms. The lowest BCUT2D eigenvalue weighted by Crippen LogP contribution is -2.06. The molecule has 3 rings (SSSR count). The number of benzene rings is 1. The van der Waals surface area contributed by atoms with Crippen molar-refractivity contribution < 1.29 is 21.9 Å². The molecule has 1 aromatic carbocycles. The van der Waals surface area contributed by atoms with Crippen LogP contribution in [0.15, 0.2) is 34.8 Å². The highest BCUT2D eigenvalue weighted by molar-refractivity contribution is 8.02. The molecule has 0 aliphatic carbocycles. The molecule has 0 bridgehead atoms. The van der Waals surface area contributed by atoms with Gasteiger partial charge in [0.15, 0.2) is 15.0 Å². The predicted molar refractivity (Wildman–Crippen MR) is 75.3 cm³/mol. The van der Waals surface area contributed by atoms with E-state index in [9.17, 15) is 17.2 Å². The zero-order chi connectivity index (χ0) is 15.0. The monoisotopic (exact) mass is 332 g/mol. The third-order valence-corrected chi connectivity index (χ3v) is 5.47. The summed E-state index contributed by atoms with van der Waals surface area (Å²) in [6.45, 7) is -2.88. The largest absolute Gasteiger partial charge is 0.435 e. The maximum Gasteiger partial charge on any atom is 0.387 e. The number of ether oxygens (including phenoxy) is 1. The fourth-order valence-corrected chi connectivity index (χ4v) is 4.78. The van der Waals surface area contributed by atoms with Crippen LogP contribution in [0.4, 0.5) is 8.78 Å². The first-order valence-electron chi connectivity index (χ1n) is 5.93. The van der Waals surface area contributed by atoms with Crippen molar-refractivity contribution >= 4 is 32.6 Å². The van der Waals surface area contributed by atoms with Gasteiger partial charge in [-0.05, 0) is 12.1 Å². The highest BCUT2D eigenvalue weighted by Gasteiger charge is 2.23. The highest BCUT2D eigenvalue weighted by atomic mass is 32.2. The van der Waals surface area contributed by atoms with E-state index in [1.54, 1.807) is 12.1 Å². The minimum absolute atomic E-state index is 0.0362. The minimum Gasteiger partial charge on any atom is -0.435 e. The summed E-state index contributed by atoms with van der Waals surface area (Å²) in [5.74, 6) is 0.0788. The number of hydrogen-bond donors (Lipinski definition) is 1. The summed E-state index contributed by atoms with van der Waals surface area (Å²) in [5.41, 5.74) is 1.16. The number of H-pyrrole nitrogens is 1. The number of imidazole rings is 1. The molecular weight excluding hydrogens is 322 g/mol. The van der Waals surface area contributed by atoms with Gasteiger partial charge in [0, 0.05) is 16.7 Å². The Kier molecular flexibility index (Phi) is 3.62. The van der Waals surface area contributed by atoms with Crippen LogP contribution in [0.25, 0.3) is 11.0 Å². The first-order chi connectivity index (χ1) is 9.91. The van der Waals surface area contributed by atoms with E-state index < -0.39 is 16.4 Å². The first kappa shape index (κ1) is 14.3. The number of aromatic amines is 1. The lowest BCUT2D eigenvalue weighted by molar-refractivity contribution is -0.0497. The predicted octanol–water partition coefficient (Wildman–Crippen LogP) is 2.57. The molecule has 2 heterocycles. The van der Waals surface area contributed by atoms with Crippen LogP contribution in [-0.2, 0) is 9.84 Å². The van der Waals surface area contributed by atoms with Crippen LogP contribution in [0.1, 0.15) is 0 Å². The Morgan fingerprint density at radius 1 is 1.43 bits per heavy atom. The number of rotatable bonds is 4. The third kappa shape index (κ3) is 3.35. The maximum absolute atomic E-state index is 12.2. The topological polar surface area (TPSA) is 72.1 Å². The van der Waals surface area contributed by atoms with Crippen LogP contribution in [0.5, 0.6) is 5.75 Å². The van der Waals surface area contributed by atoms with Crippen LogP contribution < -0.4 is 4.74 Å². The fraction of sp³-hybridized carbons (Fsp3) is 0.250. The molecule has 0 radical (unpaired) electrons. The zero-order valence-corrected chi connectivity index (χ0v) is 12.1. The second kappa shape index (κ2) is 5.30. The van der Waals surface area contributed by atoms with Gasteiger partial charge < -0.3 is 9.72 Å². The van der Waals surface area contributed by atoms with Crippen molar-refractivity contribution in [2.75, 3.05) is 5.75 Å². The third-order valence-electron chi connectivity index (χ3n) is 2.82. The zero-order valence-electron chi connectivity index (χ0n) is 10.5. The van der Waals surface area contributed by atoms with Gasteiger partial charge in [-0.25, -0.2) is 13.4 Å². The van der Waals surface area contributed by atoms with Gasteiger partial charge in [-0.2, -0.15) is 8.78 Å². The summed E-state index contributed by atoms with van der Waals surface area (Å²) in [5, 5.41) is 1.53. The molecule has 1 N–H and O–H groups in total. The Labute approximate surface area is 123 Å². The number of nitrogens with zero attached hydrogens (tertiary/aromatic N) is 1. The van der Waals surface area contributed by atoms with E-state index >= 15 is 0 Å². The molecule has 2 aromatic rings. The second-order valence-electron chi connectivity index (χ2n) is 4.41. The molecule has 1 aromatic heterocycles. The summed E-state index contributed by atoms with van der Waals surface area (Å²) in [4.78, 5) is 7.24. The van der Waals surface area contributed by atoms with E-state index in [1.807, 2.05) is 0 Å². The van der Waals surface area contributed by atoms with Crippen molar-refractivity contribution in [3.05, 3.63) is 29.7 Å². The second-order valence-corrected chi connectivity index (χ2v) is 7.57. The molecule has 5 nitrogen and oxygen atoms in total. The Balaban J connectivity index is 1.80. The molecule has 0 amide bonds. The number of sulfone groups is 1. The van der Waals surface area contributed by atoms with E-state index in [-0.39, 0.29) is 16.8 Å². The van der Waals surface area contributed by atoms with Crippen molar-refractivity contribution in [1.29, 1.82) is 0 Å². The maximum atomic E-state index is 12.2. The van der Waals surface area contributed by atoms with Crippen LogP contribution >= 0.6 is 11.8 Å². The van der Waals surface area contributed by atoms with Crippen LogP contribution in [-0.4, -0.2) is 36.0 Å². The van der Waals surface area contributed by atoms with Gasteiger partial charge in [0.2, 0.25) is 0 Å². The smallest absolute Gasteiger partial charge is 0.387 e. The van der Waals surface area contributed by atoms with E-state index in [4.69, 9.17) is 0 Å². The van der Waals surface area contributed by atoms with Gasteiger partial charge in [-0.3, -0.25) is 0 Å². The quantitative estimate of drug-likeness (QED) is 0.932. The van der Waals surface area contributed by atoms with Crippen LogP contribution in [0.2, 0.25) is 0 Å². The molecule has 1 aliphatic rings. The normalized spacial score (nSPS) is 20.4. The number of nitrogens with one attached hydrogen (secondary N) is 1. The lowest BCUT2D eigenvalue weighted by atomic mass is 10.3. The van der Waals surface area contributed by atoms with Crippen molar-refractivity contribution in [3.8, 4) is 5.75 Å². The Hall–Kier alpha value is -1.61. The Morgan fingerprint density at radius 3 is 2.90 bits per heavy atom. The highest BCUT2D eigenvalue weighted by Crippen LogP contribution is 2.29. The van der Waals surface area contributed by atoms with E-state index in [0.717, 1.165) is 0 Å². The molecule has 112 valence electrons. The van der Waals surface area contributed by atoms with E-state index in [0.29, 0.717) is 16.2 Å². The lowest BCUT2D eigenvalue weighted by Gasteiger charge is -2.03. The van der Waals surface area contributed by atoms with Crippen LogP contribution in [0, 0.1) is 0 Å². The SMILES string of the molecule is O=S1(=O)C=CC(Sc2nc3ccc(OC(F)F)cc3[nH]2)C1. The molecule has 1 atom stereocenters. The summed E-state index contributed by atoms with van der Waals surface area (Å²) < 4.78 is 51.3. The molecule has 1 unspecified atom stereocenters. The summed E-state index contributed by atoms with van der Waals surface area (Å²) in [6, 6.07) is 4.40. The molecule has 0 fully saturated rings. The van der Waals surface area contributed by atoms with Crippen molar-refractivity contribution in [2.24, 2.45) is 0 Å². The average Bonchev–Trinajstić information content (AvgIpc) is 2.91. The number of thioether (sulfide) groups is 1. The average molecular weight is 332 g/mol. The molecular formula is C12H10F2N2O3S2. The molecule has 0 saturated heterocycles. The minimum atomic E-state index is -3.11. The van der Waals surface area contributed by atoms with Crippen molar-refractivity contribution in [1.82, 2.24) is 9.97 Å². The Morgan fingerprint density at radius 2 is 2.24 bits per heavy atom. The van der Waals surface area contributed by atoms with Crippen molar-refractivity contribution in [2.45, 2.75) is 17.0 Å². The number of alkyl halides is 2. The number of hydrogen-bond acceptors (Lipinski definition) is 5. The van der Waals surface area contributed by atoms with Gasteiger partial charge in [-0.1, -0.05) is 17.8 Å². The van der Waals surface area contributed by atoms with Gasteiger partial charge in [0.25, 0.3) is 0 Å². The number of fused-ring (bicyclic) bond motifs is 1. The summed E-state index contributed by atoms with van der Waals surface area (Å²) >= 11 is 1.28. The van der Waals surface area contributed by atoms with Crippen LogP contribution in [0.3, 0.4) is 0 Å². The van der Waals surface area contributed by atoms with Crippen molar-refractivity contribution in [3.63, 3.8) is 0 Å². The standard InChI is InChI=1S/C12H10F2N2O3S2/c13-11(14)19-7-1-2-9-10(5-7)16-12(15-9)20-8-3-4-21(17,18)6-8/h1-5,8,11H,6H2,(H,15,16). The summed E-state index contributed by atoms with van der Waals surface area (Å²) in [6.07, 6.45) is 1.61. The molecule has 9 heteroatoms. The molecule has 1 aliphatic heterocycles. The first-order valence-corrected chi connectivity index (χ1v) is 8.53. The van der Waals surface area contributed by atoms with E-state index in [2.05, 4.69) is 14.7 Å². The molecule has 21 heavy (non-hydrogen) atoms. The summed E-state index contributed by atoms with van der Waals surface area (Å²) in [7, 11) is -3.11. The van der Waals surface area contributed by atoms with Gasteiger partial charge >= 0.3 is 6.61 Å². The molecule has 0 saturated carbocycles. The van der Waals surface area contributed by atoms with Gasteiger partial charge in [0.1, 0.15) is 5.75 Å². The van der Waals surface area contributed by atoms with E-state index in [1.165, 1.54) is 29.3 Å². The fourth-order valence-electron chi connectivity index (χ4n) is 1.96. The Bertz CT molecular complexity index is 802.